The Bertz CT molecular complexity index is 229. The monoisotopic (exact) mass is 182 g/mol. The first kappa shape index (κ1) is 8.68. The summed E-state index contributed by atoms with van der Waals surface area (Å²) in [6, 6.07) is 0. The van der Waals surface area contributed by atoms with E-state index in [9.17, 15) is 0 Å². The molecule has 0 saturated heterocycles. The lowest BCUT2D eigenvalue weighted by Crippen LogP contribution is -2.34. The molecule has 2 aliphatic rings. The Morgan fingerprint density at radius 1 is 1.50 bits per heavy atom. The largest absolute Gasteiger partial charge is 0.154 e. The molecule has 2 rings (SSSR count). The summed E-state index contributed by atoms with van der Waals surface area (Å²) >= 11 is 2.04. The van der Waals surface area contributed by atoms with E-state index in [0.29, 0.717) is 10.2 Å². The van der Waals surface area contributed by atoms with Crippen LogP contribution in [-0.4, -0.2) is 11.0 Å². The van der Waals surface area contributed by atoms with Crippen molar-refractivity contribution in [1.82, 2.24) is 0 Å². The SMILES string of the molecule is C=C1C[C@@H]2CC[C@@]1(SC)C2(C)C. The van der Waals surface area contributed by atoms with Crippen molar-refractivity contribution in [3.05, 3.63) is 12.2 Å². The summed E-state index contributed by atoms with van der Waals surface area (Å²) in [6.07, 6.45) is 6.33. The molecule has 0 radical (unpaired) electrons. The second-order valence-corrected chi connectivity index (χ2v) is 5.90. The number of hydrogen-bond donors (Lipinski definition) is 0. The van der Waals surface area contributed by atoms with Crippen molar-refractivity contribution in [1.29, 1.82) is 0 Å². The van der Waals surface area contributed by atoms with E-state index in [-0.39, 0.29) is 0 Å². The van der Waals surface area contributed by atoms with Crippen molar-refractivity contribution in [3.63, 3.8) is 0 Å². The lowest BCUT2D eigenvalue weighted by Gasteiger charge is -2.37. The van der Waals surface area contributed by atoms with Crippen LogP contribution in [0.3, 0.4) is 0 Å². The minimum atomic E-state index is 0.428. The van der Waals surface area contributed by atoms with Crippen molar-refractivity contribution in [2.75, 3.05) is 6.26 Å². The summed E-state index contributed by atoms with van der Waals surface area (Å²) in [5.41, 5.74) is 2.01. The van der Waals surface area contributed by atoms with Crippen molar-refractivity contribution >= 4 is 11.8 Å². The average Bonchev–Trinajstić information content (AvgIpc) is 2.36. The van der Waals surface area contributed by atoms with Gasteiger partial charge >= 0.3 is 0 Å². The average molecular weight is 182 g/mol. The fraction of sp³-hybridized carbons (Fsp3) is 0.818. The Labute approximate surface area is 79.8 Å². The summed E-state index contributed by atoms with van der Waals surface area (Å²) in [7, 11) is 0. The lowest BCUT2D eigenvalue weighted by atomic mass is 9.81. The molecule has 2 aliphatic carbocycles. The van der Waals surface area contributed by atoms with E-state index >= 15 is 0 Å². The van der Waals surface area contributed by atoms with Crippen molar-refractivity contribution in [2.45, 2.75) is 37.9 Å². The van der Waals surface area contributed by atoms with Crippen LogP contribution in [-0.2, 0) is 0 Å². The highest BCUT2D eigenvalue weighted by atomic mass is 32.2. The fourth-order valence-corrected chi connectivity index (χ4v) is 4.74. The minimum Gasteiger partial charge on any atom is -0.154 e. The van der Waals surface area contributed by atoms with Crippen molar-refractivity contribution in [3.8, 4) is 0 Å². The van der Waals surface area contributed by atoms with Crippen LogP contribution in [0.15, 0.2) is 12.2 Å². The van der Waals surface area contributed by atoms with E-state index in [1.54, 1.807) is 0 Å². The Morgan fingerprint density at radius 2 is 2.17 bits per heavy atom. The first-order valence-corrected chi connectivity index (χ1v) is 6.00. The van der Waals surface area contributed by atoms with Gasteiger partial charge in [-0.3, -0.25) is 0 Å². The van der Waals surface area contributed by atoms with Gasteiger partial charge in [-0.25, -0.2) is 0 Å². The van der Waals surface area contributed by atoms with Gasteiger partial charge in [-0.05, 0) is 36.9 Å². The quantitative estimate of drug-likeness (QED) is 0.559. The zero-order chi connectivity index (χ0) is 8.98. The van der Waals surface area contributed by atoms with Gasteiger partial charge in [0.25, 0.3) is 0 Å². The van der Waals surface area contributed by atoms with Gasteiger partial charge in [-0.15, -0.1) is 0 Å². The molecule has 12 heavy (non-hydrogen) atoms. The highest BCUT2D eigenvalue weighted by Gasteiger charge is 2.60. The summed E-state index contributed by atoms with van der Waals surface area (Å²) in [6.45, 7) is 9.11. The van der Waals surface area contributed by atoms with Crippen LogP contribution in [0.5, 0.6) is 0 Å². The Kier molecular flexibility index (Phi) is 1.67. The molecule has 0 aromatic heterocycles. The molecular weight excluding hydrogens is 164 g/mol. The summed E-state index contributed by atoms with van der Waals surface area (Å²) < 4.78 is 0.428. The van der Waals surface area contributed by atoms with Gasteiger partial charge in [0.1, 0.15) is 0 Å². The van der Waals surface area contributed by atoms with Gasteiger partial charge in [-0.2, -0.15) is 11.8 Å². The maximum absolute atomic E-state index is 4.25. The highest BCUT2D eigenvalue weighted by molar-refractivity contribution is 8.00. The minimum absolute atomic E-state index is 0.428. The third-order valence-electron chi connectivity index (χ3n) is 4.32. The van der Waals surface area contributed by atoms with Gasteiger partial charge in [0, 0.05) is 4.75 Å². The molecule has 0 aromatic carbocycles. The number of fused-ring (bicyclic) bond motifs is 2. The molecule has 0 nitrogen and oxygen atoms in total. The van der Waals surface area contributed by atoms with Gasteiger partial charge in [-0.1, -0.05) is 26.0 Å². The smallest absolute Gasteiger partial charge is 0.0416 e. The maximum atomic E-state index is 4.25. The Balaban J connectivity index is 2.46. The highest BCUT2D eigenvalue weighted by Crippen LogP contribution is 2.67. The Hall–Kier alpha value is 0.0900. The molecule has 0 aliphatic heterocycles. The normalized spacial score (nSPS) is 43.9. The van der Waals surface area contributed by atoms with Crippen molar-refractivity contribution < 1.29 is 0 Å². The second kappa shape index (κ2) is 2.31. The molecular formula is C11H18S. The first-order valence-electron chi connectivity index (χ1n) is 4.78. The molecule has 0 heterocycles. The standard InChI is InChI=1S/C11H18S/c1-8-7-9-5-6-11(8,12-4)10(9,2)3/h9H,1,5-7H2,2-4H3/t9-,11-/m0/s1. The van der Waals surface area contributed by atoms with Crippen LogP contribution in [0.25, 0.3) is 0 Å². The van der Waals surface area contributed by atoms with Crippen LogP contribution in [0, 0.1) is 11.3 Å². The van der Waals surface area contributed by atoms with Crippen LogP contribution in [0.1, 0.15) is 33.1 Å². The second-order valence-electron chi connectivity index (χ2n) is 4.80. The number of rotatable bonds is 1. The van der Waals surface area contributed by atoms with Crippen LogP contribution in [0.2, 0.25) is 0 Å². The van der Waals surface area contributed by atoms with E-state index in [0.717, 1.165) is 5.92 Å². The molecule has 2 saturated carbocycles. The molecule has 1 heteroatoms. The predicted octanol–water partition coefficient (Wildman–Crippen LogP) is 3.48. The predicted molar refractivity (Wildman–Crippen MR) is 56.5 cm³/mol. The number of hydrogen-bond acceptors (Lipinski definition) is 1. The molecule has 2 atom stereocenters. The summed E-state index contributed by atoms with van der Waals surface area (Å²) in [5, 5.41) is 0. The van der Waals surface area contributed by atoms with Crippen molar-refractivity contribution in [2.24, 2.45) is 11.3 Å². The van der Waals surface area contributed by atoms with E-state index < -0.39 is 0 Å². The molecule has 0 N–H and O–H groups in total. The van der Waals surface area contributed by atoms with E-state index in [1.807, 2.05) is 11.8 Å². The summed E-state index contributed by atoms with van der Waals surface area (Å²) in [4.78, 5) is 0. The molecule has 0 unspecified atom stereocenters. The van der Waals surface area contributed by atoms with Gasteiger partial charge in [0.15, 0.2) is 0 Å². The number of thioether (sulfide) groups is 1. The molecule has 0 aromatic rings. The van der Waals surface area contributed by atoms with Gasteiger partial charge < -0.3 is 0 Å². The molecule has 2 fully saturated rings. The third kappa shape index (κ3) is 0.717. The topological polar surface area (TPSA) is 0 Å². The first-order chi connectivity index (χ1) is 5.54. The zero-order valence-corrected chi connectivity index (χ0v) is 9.13. The maximum Gasteiger partial charge on any atom is 0.0416 e. The Morgan fingerprint density at radius 3 is 2.42 bits per heavy atom. The van der Waals surface area contributed by atoms with Gasteiger partial charge in [0.2, 0.25) is 0 Å². The molecule has 0 amide bonds. The molecule has 68 valence electrons. The van der Waals surface area contributed by atoms with Crippen LogP contribution in [0.4, 0.5) is 0 Å². The van der Waals surface area contributed by atoms with E-state index in [4.69, 9.17) is 0 Å². The van der Waals surface area contributed by atoms with E-state index in [1.165, 1.54) is 24.8 Å². The molecule has 2 bridgehead atoms. The van der Waals surface area contributed by atoms with Gasteiger partial charge in [0.05, 0.1) is 0 Å². The zero-order valence-electron chi connectivity index (χ0n) is 8.31. The van der Waals surface area contributed by atoms with Crippen LogP contribution < -0.4 is 0 Å². The third-order valence-corrected chi connectivity index (χ3v) is 6.03. The lowest BCUT2D eigenvalue weighted by molar-refractivity contribution is 0.285. The summed E-state index contributed by atoms with van der Waals surface area (Å²) in [5.74, 6) is 0.914. The fourth-order valence-electron chi connectivity index (χ4n) is 3.35. The van der Waals surface area contributed by atoms with E-state index in [2.05, 4.69) is 26.7 Å². The van der Waals surface area contributed by atoms with Crippen LogP contribution >= 0.6 is 11.8 Å². The molecule has 0 spiro atoms.